The summed E-state index contributed by atoms with van der Waals surface area (Å²) in [5, 5.41) is 7.68. The van der Waals surface area contributed by atoms with E-state index in [-0.39, 0.29) is 0 Å². The van der Waals surface area contributed by atoms with Crippen LogP contribution >= 0.6 is 11.8 Å². The summed E-state index contributed by atoms with van der Waals surface area (Å²) in [5.74, 6) is 2.49. The molecule has 2 heterocycles. The quantitative estimate of drug-likeness (QED) is 0.885. The van der Waals surface area contributed by atoms with Gasteiger partial charge in [0.25, 0.3) is 0 Å². The van der Waals surface area contributed by atoms with Crippen molar-refractivity contribution in [2.45, 2.75) is 13.8 Å². The number of aromatic nitrogens is 3. The third kappa shape index (κ3) is 2.91. The standard InChI is InChI=1S/C12H18N4S/c1-9(8-17-3)7-13-12-14-11-10(2)5-4-6-16(11)15-12/h4-6,9H,7-8H2,1-3H3,(H,13,15). The molecule has 0 amide bonds. The third-order valence-corrected chi connectivity index (χ3v) is 3.52. The molecule has 0 aliphatic rings. The molecule has 5 heteroatoms. The lowest BCUT2D eigenvalue weighted by molar-refractivity contribution is 0.696. The van der Waals surface area contributed by atoms with Gasteiger partial charge in [0.15, 0.2) is 5.65 Å². The largest absolute Gasteiger partial charge is 0.353 e. The second-order valence-corrected chi connectivity index (χ2v) is 5.25. The molecule has 1 atom stereocenters. The maximum Gasteiger partial charge on any atom is 0.243 e. The van der Waals surface area contributed by atoms with E-state index in [0.717, 1.165) is 23.5 Å². The van der Waals surface area contributed by atoms with Gasteiger partial charge in [-0.25, -0.2) is 4.52 Å². The molecule has 2 aromatic heterocycles. The van der Waals surface area contributed by atoms with Gasteiger partial charge in [-0.15, -0.1) is 5.10 Å². The predicted octanol–water partition coefficient (Wildman–Crippen LogP) is 2.45. The number of hydrogen-bond acceptors (Lipinski definition) is 4. The zero-order valence-electron chi connectivity index (χ0n) is 10.5. The van der Waals surface area contributed by atoms with Crippen LogP contribution in [-0.2, 0) is 0 Å². The van der Waals surface area contributed by atoms with Gasteiger partial charge >= 0.3 is 0 Å². The minimum Gasteiger partial charge on any atom is -0.353 e. The average molecular weight is 250 g/mol. The van der Waals surface area contributed by atoms with Crippen molar-refractivity contribution in [1.82, 2.24) is 14.6 Å². The molecule has 1 N–H and O–H groups in total. The fourth-order valence-corrected chi connectivity index (χ4v) is 2.41. The topological polar surface area (TPSA) is 42.2 Å². The number of pyridine rings is 1. The van der Waals surface area contributed by atoms with Crippen molar-refractivity contribution in [2.75, 3.05) is 23.9 Å². The zero-order chi connectivity index (χ0) is 12.3. The van der Waals surface area contributed by atoms with Crippen LogP contribution in [0.5, 0.6) is 0 Å². The SMILES string of the molecule is CSCC(C)CNc1nc2c(C)cccn2n1. The molecule has 92 valence electrons. The molecule has 0 saturated carbocycles. The smallest absolute Gasteiger partial charge is 0.243 e. The van der Waals surface area contributed by atoms with E-state index in [1.807, 2.05) is 41.5 Å². The number of nitrogens with zero attached hydrogens (tertiary/aromatic N) is 3. The Morgan fingerprint density at radius 3 is 3.06 bits per heavy atom. The van der Waals surface area contributed by atoms with Crippen LogP contribution in [0.25, 0.3) is 5.65 Å². The van der Waals surface area contributed by atoms with E-state index in [1.54, 1.807) is 0 Å². The highest BCUT2D eigenvalue weighted by Gasteiger charge is 2.06. The van der Waals surface area contributed by atoms with Crippen LogP contribution < -0.4 is 5.32 Å². The monoisotopic (exact) mass is 250 g/mol. The molecule has 17 heavy (non-hydrogen) atoms. The Labute approximate surface area is 106 Å². The molecule has 1 unspecified atom stereocenters. The summed E-state index contributed by atoms with van der Waals surface area (Å²) in [6.07, 6.45) is 4.05. The van der Waals surface area contributed by atoms with Crippen molar-refractivity contribution in [3.8, 4) is 0 Å². The van der Waals surface area contributed by atoms with Crippen LogP contribution in [0.1, 0.15) is 12.5 Å². The van der Waals surface area contributed by atoms with E-state index in [9.17, 15) is 0 Å². The first-order chi connectivity index (χ1) is 8.20. The number of hydrogen-bond donors (Lipinski definition) is 1. The Balaban J connectivity index is 2.07. The minimum atomic E-state index is 0.623. The Hall–Kier alpha value is -1.23. The molecule has 4 nitrogen and oxygen atoms in total. The van der Waals surface area contributed by atoms with Gasteiger partial charge in [0.05, 0.1) is 0 Å². The number of rotatable bonds is 5. The highest BCUT2D eigenvalue weighted by atomic mass is 32.2. The molecule has 0 radical (unpaired) electrons. The molecule has 2 rings (SSSR count). The van der Waals surface area contributed by atoms with Gasteiger partial charge in [-0.1, -0.05) is 13.0 Å². The number of aryl methyl sites for hydroxylation is 1. The lowest BCUT2D eigenvalue weighted by Crippen LogP contribution is -2.14. The number of nitrogens with one attached hydrogen (secondary N) is 1. The first-order valence-electron chi connectivity index (χ1n) is 5.75. The molecule has 0 aliphatic heterocycles. The first-order valence-corrected chi connectivity index (χ1v) is 7.15. The van der Waals surface area contributed by atoms with Crippen molar-refractivity contribution < 1.29 is 0 Å². The highest BCUT2D eigenvalue weighted by Crippen LogP contribution is 2.11. The molecular weight excluding hydrogens is 232 g/mol. The number of thioether (sulfide) groups is 1. The van der Waals surface area contributed by atoms with E-state index in [4.69, 9.17) is 0 Å². The summed E-state index contributed by atoms with van der Waals surface area (Å²) in [6, 6.07) is 4.03. The van der Waals surface area contributed by atoms with Crippen LogP contribution in [0.2, 0.25) is 0 Å². The molecule has 2 aromatic rings. The van der Waals surface area contributed by atoms with Crippen LogP contribution in [0.3, 0.4) is 0 Å². The molecule has 0 aromatic carbocycles. The lowest BCUT2D eigenvalue weighted by Gasteiger charge is -2.08. The van der Waals surface area contributed by atoms with Gasteiger partial charge in [-0.05, 0) is 36.5 Å². The van der Waals surface area contributed by atoms with Crippen LogP contribution in [-0.4, -0.2) is 33.2 Å². The third-order valence-electron chi connectivity index (χ3n) is 2.62. The summed E-state index contributed by atoms with van der Waals surface area (Å²) in [4.78, 5) is 4.48. The van der Waals surface area contributed by atoms with Gasteiger partial charge in [0.2, 0.25) is 5.95 Å². The van der Waals surface area contributed by atoms with Crippen LogP contribution in [0.4, 0.5) is 5.95 Å². The second kappa shape index (κ2) is 5.40. The van der Waals surface area contributed by atoms with E-state index >= 15 is 0 Å². The van der Waals surface area contributed by atoms with Gasteiger partial charge in [0, 0.05) is 12.7 Å². The zero-order valence-corrected chi connectivity index (χ0v) is 11.3. The van der Waals surface area contributed by atoms with Crippen LogP contribution in [0.15, 0.2) is 18.3 Å². The highest BCUT2D eigenvalue weighted by molar-refractivity contribution is 7.98. The molecule has 0 aliphatic carbocycles. The normalized spacial score (nSPS) is 12.9. The Morgan fingerprint density at radius 1 is 1.53 bits per heavy atom. The molecule has 0 saturated heterocycles. The van der Waals surface area contributed by atoms with Crippen molar-refractivity contribution in [3.05, 3.63) is 23.9 Å². The summed E-state index contributed by atoms with van der Waals surface area (Å²) in [5.41, 5.74) is 2.07. The number of fused-ring (bicyclic) bond motifs is 1. The summed E-state index contributed by atoms with van der Waals surface area (Å²) in [6.45, 7) is 5.19. The fraction of sp³-hybridized carbons (Fsp3) is 0.500. The van der Waals surface area contributed by atoms with Gasteiger partial charge in [-0.3, -0.25) is 0 Å². The first kappa shape index (κ1) is 12.2. The van der Waals surface area contributed by atoms with E-state index < -0.39 is 0 Å². The molecule has 0 fully saturated rings. The van der Waals surface area contributed by atoms with Gasteiger partial charge < -0.3 is 5.32 Å². The molecule has 0 bridgehead atoms. The Morgan fingerprint density at radius 2 is 2.35 bits per heavy atom. The van der Waals surface area contributed by atoms with E-state index in [1.165, 1.54) is 0 Å². The Kier molecular flexibility index (Phi) is 3.89. The van der Waals surface area contributed by atoms with E-state index in [2.05, 4.69) is 28.6 Å². The Bertz CT molecular complexity index is 494. The summed E-state index contributed by atoms with van der Waals surface area (Å²) < 4.78 is 1.82. The van der Waals surface area contributed by atoms with Gasteiger partial charge in [-0.2, -0.15) is 16.7 Å². The maximum absolute atomic E-state index is 4.48. The van der Waals surface area contributed by atoms with Crippen molar-refractivity contribution in [1.29, 1.82) is 0 Å². The van der Waals surface area contributed by atoms with Crippen molar-refractivity contribution in [3.63, 3.8) is 0 Å². The predicted molar refractivity (Wildman–Crippen MR) is 73.8 cm³/mol. The average Bonchev–Trinajstić information content (AvgIpc) is 2.71. The second-order valence-electron chi connectivity index (χ2n) is 4.34. The van der Waals surface area contributed by atoms with Gasteiger partial charge in [0.1, 0.15) is 0 Å². The summed E-state index contributed by atoms with van der Waals surface area (Å²) >= 11 is 1.87. The lowest BCUT2D eigenvalue weighted by atomic mass is 10.2. The van der Waals surface area contributed by atoms with Crippen LogP contribution in [0, 0.1) is 12.8 Å². The maximum atomic E-state index is 4.48. The molecular formula is C12H18N4S. The van der Waals surface area contributed by atoms with Crippen molar-refractivity contribution >= 4 is 23.4 Å². The molecule has 0 spiro atoms. The summed E-state index contributed by atoms with van der Waals surface area (Å²) in [7, 11) is 0. The van der Waals surface area contributed by atoms with Crippen molar-refractivity contribution in [2.24, 2.45) is 5.92 Å². The number of anilines is 1. The fourth-order valence-electron chi connectivity index (χ4n) is 1.72. The minimum absolute atomic E-state index is 0.623. The van der Waals surface area contributed by atoms with E-state index in [0.29, 0.717) is 11.9 Å².